The van der Waals surface area contributed by atoms with Gasteiger partial charge in [0, 0.05) is 22.5 Å². The third-order valence-electron chi connectivity index (χ3n) is 5.54. The summed E-state index contributed by atoms with van der Waals surface area (Å²) in [6.07, 6.45) is 1.73. The van der Waals surface area contributed by atoms with Crippen LogP contribution in [0.1, 0.15) is 33.9 Å². The number of carbonyl (C=O) groups is 1. The molecule has 0 unspecified atom stereocenters. The number of nitrogens with zero attached hydrogens (tertiary/aromatic N) is 2. The van der Waals surface area contributed by atoms with E-state index in [0.29, 0.717) is 27.2 Å². The SMILES string of the molecule is O=C(O)c1ccccc1-c1ccc([C@H]2[C@H](c3ccccn3)NC(=S)N2c2ccc(Cl)cc2)o1. The molecule has 0 spiro atoms. The van der Waals surface area contributed by atoms with Crippen LogP contribution in [0, 0.1) is 0 Å². The zero-order chi connectivity index (χ0) is 22.9. The number of furan rings is 1. The highest BCUT2D eigenvalue weighted by molar-refractivity contribution is 7.80. The molecule has 1 saturated heterocycles. The third-order valence-corrected chi connectivity index (χ3v) is 6.11. The zero-order valence-electron chi connectivity index (χ0n) is 17.2. The summed E-state index contributed by atoms with van der Waals surface area (Å²) in [5.41, 5.74) is 2.35. The van der Waals surface area contributed by atoms with Crippen molar-refractivity contribution in [2.24, 2.45) is 0 Å². The van der Waals surface area contributed by atoms with Crippen molar-refractivity contribution < 1.29 is 14.3 Å². The Bertz CT molecular complexity index is 1320. The average Bonchev–Trinajstić information content (AvgIpc) is 3.45. The van der Waals surface area contributed by atoms with Crippen LogP contribution >= 0.6 is 23.8 Å². The van der Waals surface area contributed by atoms with Crippen molar-refractivity contribution in [3.8, 4) is 11.3 Å². The zero-order valence-corrected chi connectivity index (χ0v) is 18.8. The lowest BCUT2D eigenvalue weighted by molar-refractivity contribution is 0.0697. The van der Waals surface area contributed by atoms with Crippen LogP contribution in [0.15, 0.2) is 89.5 Å². The van der Waals surface area contributed by atoms with E-state index in [0.717, 1.165) is 11.4 Å². The van der Waals surface area contributed by atoms with Crippen LogP contribution in [0.2, 0.25) is 5.02 Å². The number of anilines is 1. The normalized spacial score (nSPS) is 17.7. The second-order valence-corrected chi connectivity index (χ2v) is 8.35. The molecule has 0 saturated carbocycles. The topological polar surface area (TPSA) is 78.6 Å². The van der Waals surface area contributed by atoms with E-state index in [1.165, 1.54) is 0 Å². The summed E-state index contributed by atoms with van der Waals surface area (Å²) in [6, 6.07) is 22.9. The predicted molar refractivity (Wildman–Crippen MR) is 130 cm³/mol. The lowest BCUT2D eigenvalue weighted by Gasteiger charge is -2.26. The Morgan fingerprint density at radius 2 is 1.79 bits per heavy atom. The number of pyridine rings is 1. The van der Waals surface area contributed by atoms with Gasteiger partial charge in [-0.2, -0.15) is 0 Å². The molecule has 1 fully saturated rings. The molecule has 164 valence electrons. The molecule has 1 aliphatic heterocycles. The molecule has 2 aromatic carbocycles. The number of halogens is 1. The molecule has 2 N–H and O–H groups in total. The van der Waals surface area contributed by atoms with Crippen molar-refractivity contribution in [2.45, 2.75) is 12.1 Å². The number of benzene rings is 2. The van der Waals surface area contributed by atoms with Crippen LogP contribution in [0.3, 0.4) is 0 Å². The molecule has 4 aromatic rings. The Morgan fingerprint density at radius 1 is 1.03 bits per heavy atom. The van der Waals surface area contributed by atoms with Gasteiger partial charge in [-0.3, -0.25) is 4.98 Å². The summed E-state index contributed by atoms with van der Waals surface area (Å²) in [5.74, 6) is 0.0844. The fourth-order valence-corrected chi connectivity index (χ4v) is 4.54. The first-order valence-electron chi connectivity index (χ1n) is 10.2. The molecule has 33 heavy (non-hydrogen) atoms. The smallest absolute Gasteiger partial charge is 0.336 e. The summed E-state index contributed by atoms with van der Waals surface area (Å²) in [6.45, 7) is 0. The van der Waals surface area contributed by atoms with Gasteiger partial charge in [0.05, 0.1) is 17.3 Å². The molecule has 2 atom stereocenters. The highest BCUT2D eigenvalue weighted by Crippen LogP contribution is 2.43. The lowest BCUT2D eigenvalue weighted by Crippen LogP contribution is -2.29. The molecule has 3 heterocycles. The maximum atomic E-state index is 11.7. The van der Waals surface area contributed by atoms with Gasteiger partial charge in [-0.25, -0.2) is 4.79 Å². The fraction of sp³-hybridized carbons (Fsp3) is 0.0800. The van der Waals surface area contributed by atoms with E-state index in [1.54, 1.807) is 48.7 Å². The monoisotopic (exact) mass is 475 g/mol. The molecule has 2 aromatic heterocycles. The van der Waals surface area contributed by atoms with Crippen molar-refractivity contribution in [2.75, 3.05) is 4.90 Å². The van der Waals surface area contributed by atoms with Crippen molar-refractivity contribution >= 4 is 40.6 Å². The Balaban J connectivity index is 1.61. The van der Waals surface area contributed by atoms with E-state index in [-0.39, 0.29) is 17.6 Å². The number of rotatable bonds is 5. The third kappa shape index (κ3) is 3.97. The number of aromatic carboxylic acids is 1. The minimum atomic E-state index is -1.01. The summed E-state index contributed by atoms with van der Waals surface area (Å²) >= 11 is 11.8. The largest absolute Gasteiger partial charge is 0.478 e. The van der Waals surface area contributed by atoms with Crippen LogP contribution in [-0.2, 0) is 0 Å². The van der Waals surface area contributed by atoms with E-state index in [1.807, 2.05) is 41.3 Å². The van der Waals surface area contributed by atoms with Gasteiger partial charge >= 0.3 is 5.97 Å². The maximum absolute atomic E-state index is 11.7. The van der Waals surface area contributed by atoms with Crippen molar-refractivity contribution in [1.82, 2.24) is 10.3 Å². The van der Waals surface area contributed by atoms with Crippen LogP contribution < -0.4 is 10.2 Å². The molecule has 0 radical (unpaired) electrons. The number of carboxylic acids is 1. The second kappa shape index (κ2) is 8.69. The highest BCUT2D eigenvalue weighted by Gasteiger charge is 2.42. The van der Waals surface area contributed by atoms with Gasteiger partial charge < -0.3 is 19.7 Å². The van der Waals surface area contributed by atoms with Crippen molar-refractivity contribution in [3.05, 3.63) is 107 Å². The Morgan fingerprint density at radius 3 is 2.52 bits per heavy atom. The molecule has 6 nitrogen and oxygen atoms in total. The highest BCUT2D eigenvalue weighted by atomic mass is 35.5. The van der Waals surface area contributed by atoms with Crippen LogP contribution in [0.5, 0.6) is 0 Å². The van der Waals surface area contributed by atoms with Gasteiger partial charge in [0.1, 0.15) is 17.6 Å². The molecule has 8 heteroatoms. The van der Waals surface area contributed by atoms with Gasteiger partial charge in [0.25, 0.3) is 0 Å². The molecule has 0 amide bonds. The van der Waals surface area contributed by atoms with Crippen LogP contribution in [-0.4, -0.2) is 21.2 Å². The summed E-state index contributed by atoms with van der Waals surface area (Å²) in [7, 11) is 0. The molecular weight excluding hydrogens is 458 g/mol. The molecular formula is C25H18ClN3O3S. The first-order chi connectivity index (χ1) is 16.0. The Hall–Kier alpha value is -3.68. The number of carboxylic acid groups (broad SMARTS) is 1. The number of nitrogens with one attached hydrogen (secondary N) is 1. The number of thiocarbonyl (C=S) groups is 1. The van der Waals surface area contributed by atoms with E-state index >= 15 is 0 Å². The quantitative estimate of drug-likeness (QED) is 0.349. The van der Waals surface area contributed by atoms with E-state index in [4.69, 9.17) is 28.2 Å². The van der Waals surface area contributed by atoms with Crippen molar-refractivity contribution in [3.63, 3.8) is 0 Å². The minimum absolute atomic E-state index is 0.175. The van der Waals surface area contributed by atoms with E-state index in [2.05, 4.69) is 10.3 Å². The fourth-order valence-electron chi connectivity index (χ4n) is 4.06. The number of hydrogen-bond acceptors (Lipinski definition) is 4. The van der Waals surface area contributed by atoms with Gasteiger partial charge in [0.2, 0.25) is 0 Å². The van der Waals surface area contributed by atoms with E-state index in [9.17, 15) is 9.90 Å². The van der Waals surface area contributed by atoms with Crippen LogP contribution in [0.4, 0.5) is 5.69 Å². The molecule has 1 aliphatic rings. The van der Waals surface area contributed by atoms with Crippen molar-refractivity contribution in [1.29, 1.82) is 0 Å². The first kappa shape index (κ1) is 21.2. The minimum Gasteiger partial charge on any atom is -0.478 e. The maximum Gasteiger partial charge on any atom is 0.336 e. The number of aromatic nitrogens is 1. The van der Waals surface area contributed by atoms with Gasteiger partial charge in [0.15, 0.2) is 5.11 Å². The number of hydrogen-bond donors (Lipinski definition) is 2. The van der Waals surface area contributed by atoms with Gasteiger partial charge in [-0.05, 0) is 66.8 Å². The molecule has 0 bridgehead atoms. The Labute approximate surface area is 200 Å². The summed E-state index contributed by atoms with van der Waals surface area (Å²) < 4.78 is 6.26. The second-order valence-electron chi connectivity index (χ2n) is 7.53. The van der Waals surface area contributed by atoms with Crippen LogP contribution in [0.25, 0.3) is 11.3 Å². The lowest BCUT2D eigenvalue weighted by atomic mass is 10.0. The predicted octanol–water partition coefficient (Wildman–Crippen LogP) is 5.87. The van der Waals surface area contributed by atoms with Gasteiger partial charge in [-0.1, -0.05) is 35.9 Å². The average molecular weight is 476 g/mol. The molecule has 0 aliphatic carbocycles. The van der Waals surface area contributed by atoms with E-state index < -0.39 is 5.97 Å². The molecule has 5 rings (SSSR count). The summed E-state index contributed by atoms with van der Waals surface area (Å²) in [4.78, 5) is 18.2. The summed E-state index contributed by atoms with van der Waals surface area (Å²) in [5, 5.41) is 14.1. The standard InChI is InChI=1S/C25H18ClN3O3S/c26-15-8-10-16(11-9-15)29-23(22(28-25(29)33)19-7-3-4-14-27-19)21-13-12-20(32-21)17-5-1-2-6-18(17)24(30)31/h1-14,22-23H,(H,28,33)(H,30,31)/t22-,23-/m0/s1. The Kier molecular flexibility index (Phi) is 5.58. The van der Waals surface area contributed by atoms with Gasteiger partial charge in [-0.15, -0.1) is 0 Å². The first-order valence-corrected chi connectivity index (χ1v) is 11.0.